The van der Waals surface area contributed by atoms with Crippen LogP contribution in [0.15, 0.2) is 24.3 Å². The minimum Gasteiger partial charge on any atom is -0.340 e. The van der Waals surface area contributed by atoms with Gasteiger partial charge in [-0.25, -0.2) is 0 Å². The molecule has 1 fully saturated rings. The lowest BCUT2D eigenvalue weighted by atomic mass is 9.93. The van der Waals surface area contributed by atoms with Gasteiger partial charge in [0.25, 0.3) is 0 Å². The van der Waals surface area contributed by atoms with Gasteiger partial charge in [0.1, 0.15) is 0 Å². The summed E-state index contributed by atoms with van der Waals surface area (Å²) in [6.45, 7) is 4.33. The highest BCUT2D eigenvalue weighted by molar-refractivity contribution is 5.88. The third kappa shape index (κ3) is 4.58. The van der Waals surface area contributed by atoms with E-state index in [9.17, 15) is 9.59 Å². The first-order valence-electron chi connectivity index (χ1n) is 8.26. The Hall–Kier alpha value is -1.84. The molecule has 0 aliphatic heterocycles. The molecule has 0 unspecified atom stereocenters. The summed E-state index contributed by atoms with van der Waals surface area (Å²) in [6.07, 6.45) is 6.49. The molecular formula is C18H26N2O2. The number of rotatable bonds is 5. The summed E-state index contributed by atoms with van der Waals surface area (Å²) in [5.41, 5.74) is 1.76. The predicted octanol–water partition coefficient (Wildman–Crippen LogP) is 3.37. The van der Waals surface area contributed by atoms with Crippen molar-refractivity contribution in [2.24, 2.45) is 0 Å². The number of carbonyl (C=O) groups excluding carboxylic acids is 2. The number of carbonyl (C=O) groups is 2. The van der Waals surface area contributed by atoms with E-state index in [1.165, 1.54) is 26.2 Å². The van der Waals surface area contributed by atoms with E-state index in [1.807, 2.05) is 29.2 Å². The maximum absolute atomic E-state index is 12.6. The first-order valence-corrected chi connectivity index (χ1v) is 8.26. The fraction of sp³-hybridized carbons (Fsp3) is 0.556. The van der Waals surface area contributed by atoms with E-state index in [0.717, 1.165) is 30.6 Å². The Morgan fingerprint density at radius 1 is 1.14 bits per heavy atom. The van der Waals surface area contributed by atoms with Crippen LogP contribution in [-0.4, -0.2) is 29.3 Å². The van der Waals surface area contributed by atoms with Crippen LogP contribution in [0.3, 0.4) is 0 Å². The van der Waals surface area contributed by atoms with Crippen molar-refractivity contribution in [2.75, 3.05) is 11.9 Å². The van der Waals surface area contributed by atoms with Gasteiger partial charge in [0.05, 0.1) is 6.42 Å². The Balaban J connectivity index is 1.95. The average Bonchev–Trinajstić information content (AvgIpc) is 2.50. The van der Waals surface area contributed by atoms with Gasteiger partial charge in [0, 0.05) is 25.2 Å². The molecule has 0 heterocycles. The summed E-state index contributed by atoms with van der Waals surface area (Å²) in [4.78, 5) is 25.6. The van der Waals surface area contributed by atoms with Crippen LogP contribution in [0, 0.1) is 0 Å². The smallest absolute Gasteiger partial charge is 0.227 e. The van der Waals surface area contributed by atoms with Crippen LogP contribution in [0.4, 0.5) is 5.69 Å². The van der Waals surface area contributed by atoms with E-state index in [1.54, 1.807) is 0 Å². The molecule has 2 rings (SSSR count). The molecule has 0 saturated heterocycles. The molecule has 1 N–H and O–H groups in total. The van der Waals surface area contributed by atoms with Gasteiger partial charge in [-0.15, -0.1) is 0 Å². The summed E-state index contributed by atoms with van der Waals surface area (Å²) < 4.78 is 0. The average molecular weight is 302 g/mol. The highest BCUT2D eigenvalue weighted by atomic mass is 16.2. The number of nitrogens with zero attached hydrogens (tertiary/aromatic N) is 1. The normalized spacial score (nSPS) is 15.4. The largest absolute Gasteiger partial charge is 0.340 e. The second kappa shape index (κ2) is 7.97. The Labute approximate surface area is 132 Å². The van der Waals surface area contributed by atoms with Crippen LogP contribution in [0.2, 0.25) is 0 Å². The molecule has 0 radical (unpaired) electrons. The minimum absolute atomic E-state index is 0.0849. The van der Waals surface area contributed by atoms with Crippen LogP contribution in [0.1, 0.15) is 51.5 Å². The molecule has 0 aromatic heterocycles. The first kappa shape index (κ1) is 16.5. The van der Waals surface area contributed by atoms with Gasteiger partial charge >= 0.3 is 0 Å². The van der Waals surface area contributed by atoms with Gasteiger partial charge in [0.2, 0.25) is 11.8 Å². The highest BCUT2D eigenvalue weighted by Gasteiger charge is 2.23. The zero-order valence-corrected chi connectivity index (χ0v) is 13.6. The number of likely N-dealkylation sites (N-methyl/N-ethyl adjacent to an activating group) is 1. The van der Waals surface area contributed by atoms with Crippen molar-refractivity contribution < 1.29 is 9.59 Å². The van der Waals surface area contributed by atoms with E-state index in [-0.39, 0.29) is 11.8 Å². The molecule has 0 spiro atoms. The van der Waals surface area contributed by atoms with Crippen molar-refractivity contribution in [2.45, 2.75) is 58.4 Å². The van der Waals surface area contributed by atoms with E-state index >= 15 is 0 Å². The zero-order chi connectivity index (χ0) is 15.9. The number of anilines is 1. The summed E-state index contributed by atoms with van der Waals surface area (Å²) in [7, 11) is 0. The minimum atomic E-state index is -0.0849. The fourth-order valence-electron chi connectivity index (χ4n) is 3.22. The number of hydrogen-bond acceptors (Lipinski definition) is 2. The van der Waals surface area contributed by atoms with Gasteiger partial charge in [-0.05, 0) is 37.5 Å². The Bertz CT molecular complexity index is 504. The monoisotopic (exact) mass is 302 g/mol. The summed E-state index contributed by atoms with van der Waals surface area (Å²) >= 11 is 0. The van der Waals surface area contributed by atoms with Crippen LogP contribution in [-0.2, 0) is 16.0 Å². The highest BCUT2D eigenvalue weighted by Crippen LogP contribution is 2.23. The standard InChI is InChI=1S/C18H26N2O2/c1-3-20(17-7-5-4-6-8-17)18(22)13-15-9-11-16(12-10-15)19-14(2)21/h9-12,17H,3-8,13H2,1-2H3,(H,19,21). The van der Waals surface area contributed by atoms with E-state index < -0.39 is 0 Å². The van der Waals surface area contributed by atoms with E-state index in [2.05, 4.69) is 12.2 Å². The molecule has 1 aliphatic rings. The van der Waals surface area contributed by atoms with Gasteiger partial charge in [-0.1, -0.05) is 31.4 Å². The SMILES string of the molecule is CCN(C(=O)Cc1ccc(NC(C)=O)cc1)C1CCCCC1. The Morgan fingerprint density at radius 3 is 2.32 bits per heavy atom. The lowest BCUT2D eigenvalue weighted by Crippen LogP contribution is -2.42. The Morgan fingerprint density at radius 2 is 1.77 bits per heavy atom. The predicted molar refractivity (Wildman–Crippen MR) is 88.7 cm³/mol. The molecule has 2 amide bonds. The fourth-order valence-corrected chi connectivity index (χ4v) is 3.22. The summed E-state index contributed by atoms with van der Waals surface area (Å²) in [5.74, 6) is 0.125. The van der Waals surface area contributed by atoms with Crippen molar-refractivity contribution in [1.29, 1.82) is 0 Å². The van der Waals surface area contributed by atoms with Crippen molar-refractivity contribution in [1.82, 2.24) is 4.90 Å². The zero-order valence-electron chi connectivity index (χ0n) is 13.6. The summed E-state index contributed by atoms with van der Waals surface area (Å²) in [5, 5.41) is 2.74. The van der Waals surface area contributed by atoms with Crippen LogP contribution in [0.25, 0.3) is 0 Å². The molecule has 120 valence electrons. The molecule has 1 aromatic rings. The quantitative estimate of drug-likeness (QED) is 0.906. The second-order valence-corrected chi connectivity index (χ2v) is 6.03. The molecule has 0 bridgehead atoms. The van der Waals surface area contributed by atoms with Crippen LogP contribution in [0.5, 0.6) is 0 Å². The van der Waals surface area contributed by atoms with Gasteiger partial charge in [0.15, 0.2) is 0 Å². The molecule has 1 saturated carbocycles. The number of benzene rings is 1. The lowest BCUT2D eigenvalue weighted by Gasteiger charge is -2.33. The van der Waals surface area contributed by atoms with E-state index in [0.29, 0.717) is 12.5 Å². The molecule has 4 heteroatoms. The number of amides is 2. The molecule has 4 nitrogen and oxygen atoms in total. The summed E-state index contributed by atoms with van der Waals surface area (Å²) in [6, 6.07) is 7.95. The van der Waals surface area contributed by atoms with Gasteiger partial charge in [-0.2, -0.15) is 0 Å². The third-order valence-corrected chi connectivity index (χ3v) is 4.31. The molecule has 22 heavy (non-hydrogen) atoms. The lowest BCUT2D eigenvalue weighted by molar-refractivity contribution is -0.133. The van der Waals surface area contributed by atoms with Crippen LogP contribution >= 0.6 is 0 Å². The molecule has 1 aliphatic carbocycles. The van der Waals surface area contributed by atoms with Crippen molar-refractivity contribution in [3.05, 3.63) is 29.8 Å². The van der Waals surface area contributed by atoms with Crippen molar-refractivity contribution >= 4 is 17.5 Å². The molecule has 0 atom stereocenters. The van der Waals surface area contributed by atoms with Gasteiger partial charge < -0.3 is 10.2 Å². The van der Waals surface area contributed by atoms with E-state index in [4.69, 9.17) is 0 Å². The Kier molecular flexibility index (Phi) is 5.99. The first-order chi connectivity index (χ1) is 10.6. The van der Waals surface area contributed by atoms with Crippen molar-refractivity contribution in [3.63, 3.8) is 0 Å². The second-order valence-electron chi connectivity index (χ2n) is 6.03. The molecular weight excluding hydrogens is 276 g/mol. The van der Waals surface area contributed by atoms with Gasteiger partial charge in [-0.3, -0.25) is 9.59 Å². The molecule has 1 aromatic carbocycles. The topological polar surface area (TPSA) is 49.4 Å². The maximum Gasteiger partial charge on any atom is 0.227 e. The van der Waals surface area contributed by atoms with Crippen LogP contribution < -0.4 is 5.32 Å². The number of nitrogens with one attached hydrogen (secondary N) is 1. The maximum atomic E-state index is 12.6. The number of hydrogen-bond donors (Lipinski definition) is 1. The third-order valence-electron chi connectivity index (χ3n) is 4.31. The van der Waals surface area contributed by atoms with Crippen molar-refractivity contribution in [3.8, 4) is 0 Å².